The number of carbonyl (C=O) groups excluding carboxylic acids is 1. The van der Waals surface area contributed by atoms with Crippen molar-refractivity contribution in [2.24, 2.45) is 4.99 Å². The number of amides is 1. The number of hydrogen-bond donors (Lipinski definition) is 3. The molecule has 3 aliphatic rings. The lowest BCUT2D eigenvalue weighted by Gasteiger charge is -2.30. The summed E-state index contributed by atoms with van der Waals surface area (Å²) in [6.07, 6.45) is 5.53. The third-order valence-corrected chi connectivity index (χ3v) is 7.58. The van der Waals surface area contributed by atoms with E-state index < -0.39 is 5.60 Å². The minimum absolute atomic E-state index is 0.0123. The summed E-state index contributed by atoms with van der Waals surface area (Å²) in [6.45, 7) is 8.01. The molecular weight excluding hydrogens is 512 g/mol. The maximum atomic E-state index is 12.7. The van der Waals surface area contributed by atoms with Crippen LogP contribution in [0, 0.1) is 23.7 Å². The molecule has 41 heavy (non-hydrogen) atoms. The number of carbonyl (C=O) groups is 1. The summed E-state index contributed by atoms with van der Waals surface area (Å²) >= 11 is 0. The highest BCUT2D eigenvalue weighted by molar-refractivity contribution is 6.03. The molecule has 1 amide bonds. The lowest BCUT2D eigenvalue weighted by atomic mass is 10.0. The van der Waals surface area contributed by atoms with E-state index >= 15 is 0 Å². The van der Waals surface area contributed by atoms with Crippen molar-refractivity contribution in [3.63, 3.8) is 0 Å². The van der Waals surface area contributed by atoms with E-state index in [2.05, 4.69) is 68.5 Å². The second-order valence-electron chi connectivity index (χ2n) is 11.9. The highest BCUT2D eigenvalue weighted by atomic mass is 16.6. The van der Waals surface area contributed by atoms with Crippen LogP contribution < -0.4 is 10.6 Å². The predicted octanol–water partition coefficient (Wildman–Crippen LogP) is 4.51. The summed E-state index contributed by atoms with van der Waals surface area (Å²) < 4.78 is 5.61. The molecule has 8 nitrogen and oxygen atoms in total. The Kier molecular flexibility index (Phi) is 7.53. The Morgan fingerprint density at radius 3 is 2.44 bits per heavy atom. The van der Waals surface area contributed by atoms with Crippen molar-refractivity contribution in [2.75, 3.05) is 19.6 Å². The monoisotopic (exact) mass is 548 g/mol. The fraction of sp³-hybridized carbons (Fsp3) is 0.424. The van der Waals surface area contributed by atoms with E-state index in [1.54, 1.807) is 0 Å². The van der Waals surface area contributed by atoms with Gasteiger partial charge in [-0.05, 0) is 99.9 Å². The van der Waals surface area contributed by atoms with Crippen LogP contribution in [-0.4, -0.2) is 64.1 Å². The highest BCUT2D eigenvalue weighted by Gasteiger charge is 2.38. The number of H-pyrrole nitrogens is 1. The van der Waals surface area contributed by atoms with Crippen LogP contribution in [0.2, 0.25) is 0 Å². The summed E-state index contributed by atoms with van der Waals surface area (Å²) in [4.78, 5) is 27.1. The lowest BCUT2D eigenvalue weighted by molar-refractivity contribution is 0.0202. The van der Waals surface area contributed by atoms with E-state index in [1.807, 2.05) is 44.0 Å². The average Bonchev–Trinajstić information content (AvgIpc) is 3.76. The Balaban J connectivity index is 1.11. The standard InChI is InChI=1S/C33H36N6O2/c1-33(2,3)41-32(40)39-17-5-7-29(39)31-36-21-27(38-31)15-11-23-9-13-24-18-22(8-12-25(24)19-23)10-14-26-20-35-30(37-26)28-6-4-16-34-28/h8-9,12-13,18-20,28-29,31,34,36H,4-7,16-17,21H2,1-3H3,(H,35,37). The van der Waals surface area contributed by atoms with E-state index in [4.69, 9.17) is 9.73 Å². The van der Waals surface area contributed by atoms with Gasteiger partial charge in [-0.15, -0.1) is 0 Å². The van der Waals surface area contributed by atoms with E-state index in [0.29, 0.717) is 19.1 Å². The van der Waals surface area contributed by atoms with Gasteiger partial charge in [0.1, 0.15) is 29.0 Å². The largest absolute Gasteiger partial charge is 0.444 e. The third kappa shape index (κ3) is 6.46. The molecule has 3 aromatic rings. The van der Waals surface area contributed by atoms with Gasteiger partial charge in [-0.25, -0.2) is 9.78 Å². The highest BCUT2D eigenvalue weighted by Crippen LogP contribution is 2.25. The van der Waals surface area contributed by atoms with E-state index in [0.717, 1.165) is 64.9 Å². The number of ether oxygens (including phenoxy) is 1. The number of aromatic nitrogens is 2. The molecule has 2 saturated heterocycles. The summed E-state index contributed by atoms with van der Waals surface area (Å²) in [5.41, 5.74) is 3.01. The first kappa shape index (κ1) is 27.1. The molecule has 2 fully saturated rings. The number of benzene rings is 2. The van der Waals surface area contributed by atoms with Crippen molar-refractivity contribution in [3.8, 4) is 23.7 Å². The number of fused-ring (bicyclic) bond motifs is 1. The number of nitrogens with zero attached hydrogens (tertiary/aromatic N) is 3. The molecule has 3 aliphatic heterocycles. The van der Waals surface area contributed by atoms with Crippen molar-refractivity contribution in [1.29, 1.82) is 0 Å². The topological polar surface area (TPSA) is 94.6 Å². The van der Waals surface area contributed by atoms with Gasteiger partial charge >= 0.3 is 6.09 Å². The maximum absolute atomic E-state index is 12.7. The zero-order valence-electron chi connectivity index (χ0n) is 23.9. The fourth-order valence-electron chi connectivity index (χ4n) is 5.61. The second-order valence-corrected chi connectivity index (χ2v) is 11.9. The molecule has 3 unspecified atom stereocenters. The van der Waals surface area contributed by atoms with Gasteiger partial charge in [0.15, 0.2) is 0 Å². The van der Waals surface area contributed by atoms with E-state index in [1.165, 1.54) is 6.42 Å². The Labute approximate surface area is 241 Å². The number of aromatic amines is 1. The first-order chi connectivity index (χ1) is 19.8. The van der Waals surface area contributed by atoms with Crippen LogP contribution >= 0.6 is 0 Å². The van der Waals surface area contributed by atoms with Crippen molar-refractivity contribution < 1.29 is 9.53 Å². The number of imidazole rings is 1. The maximum Gasteiger partial charge on any atom is 0.410 e. The molecule has 3 N–H and O–H groups in total. The number of likely N-dealkylation sites (tertiary alicyclic amines) is 1. The van der Waals surface area contributed by atoms with Crippen LogP contribution in [0.15, 0.2) is 47.6 Å². The van der Waals surface area contributed by atoms with Crippen molar-refractivity contribution in [3.05, 3.63) is 65.2 Å². The van der Waals surface area contributed by atoms with Crippen LogP contribution in [0.3, 0.4) is 0 Å². The van der Waals surface area contributed by atoms with Crippen LogP contribution in [0.5, 0.6) is 0 Å². The molecule has 1 aromatic heterocycles. The molecule has 0 radical (unpaired) electrons. The Morgan fingerprint density at radius 1 is 0.976 bits per heavy atom. The first-order valence-corrected chi connectivity index (χ1v) is 14.5. The van der Waals surface area contributed by atoms with Gasteiger partial charge in [0.05, 0.1) is 18.3 Å². The van der Waals surface area contributed by atoms with Gasteiger partial charge in [0, 0.05) is 24.2 Å². The van der Waals surface area contributed by atoms with Crippen molar-refractivity contribution in [1.82, 2.24) is 25.5 Å². The normalized spacial score (nSPS) is 22.2. The quantitative estimate of drug-likeness (QED) is 0.410. The molecular formula is C33H36N6O2. The molecule has 0 spiro atoms. The molecule has 6 rings (SSSR count). The lowest BCUT2D eigenvalue weighted by Crippen LogP contribution is -2.48. The van der Waals surface area contributed by atoms with Crippen LogP contribution in [-0.2, 0) is 4.74 Å². The average molecular weight is 549 g/mol. The van der Waals surface area contributed by atoms with Gasteiger partial charge in [-0.3, -0.25) is 10.3 Å². The molecule has 0 bridgehead atoms. The Morgan fingerprint density at radius 2 is 1.73 bits per heavy atom. The van der Waals surface area contributed by atoms with Gasteiger partial charge in [0.25, 0.3) is 0 Å². The predicted molar refractivity (Wildman–Crippen MR) is 161 cm³/mol. The number of hydrogen-bond acceptors (Lipinski definition) is 6. The van der Waals surface area contributed by atoms with Gasteiger partial charge < -0.3 is 19.9 Å². The zero-order valence-corrected chi connectivity index (χ0v) is 23.9. The van der Waals surface area contributed by atoms with Crippen LogP contribution in [0.25, 0.3) is 10.8 Å². The molecule has 2 aromatic carbocycles. The summed E-state index contributed by atoms with van der Waals surface area (Å²) in [6, 6.07) is 12.7. The fourth-order valence-corrected chi connectivity index (χ4v) is 5.61. The van der Waals surface area contributed by atoms with Gasteiger partial charge in [-0.1, -0.05) is 24.0 Å². The van der Waals surface area contributed by atoms with Gasteiger partial charge in [0.2, 0.25) is 0 Å². The number of nitrogens with one attached hydrogen (secondary N) is 3. The second kappa shape index (κ2) is 11.4. The number of rotatable bonds is 2. The molecule has 0 aliphatic carbocycles. The minimum Gasteiger partial charge on any atom is -0.444 e. The SMILES string of the molecule is CC(C)(C)OC(=O)N1CCCC1C1N=C(C#Cc2ccc3cc(C#Cc4cnc(C5CCCN5)[nH]4)ccc3c2)CN1. The number of aliphatic imine (C=N–C) groups is 1. The first-order valence-electron chi connectivity index (χ1n) is 14.5. The Bertz CT molecular complexity index is 1600. The Hall–Kier alpha value is -4.11. The smallest absolute Gasteiger partial charge is 0.410 e. The van der Waals surface area contributed by atoms with Crippen molar-refractivity contribution in [2.45, 2.75) is 70.3 Å². The summed E-state index contributed by atoms with van der Waals surface area (Å²) in [5, 5.41) is 9.12. The van der Waals surface area contributed by atoms with E-state index in [-0.39, 0.29) is 18.3 Å². The van der Waals surface area contributed by atoms with Crippen molar-refractivity contribution >= 4 is 22.6 Å². The van der Waals surface area contributed by atoms with Crippen LogP contribution in [0.4, 0.5) is 4.79 Å². The zero-order chi connectivity index (χ0) is 28.4. The summed E-state index contributed by atoms with van der Waals surface area (Å²) in [7, 11) is 0. The minimum atomic E-state index is -0.515. The molecule has 3 atom stereocenters. The van der Waals surface area contributed by atoms with Gasteiger partial charge in [-0.2, -0.15) is 0 Å². The molecule has 8 heteroatoms. The van der Waals surface area contributed by atoms with Crippen LogP contribution in [0.1, 0.15) is 75.1 Å². The van der Waals surface area contributed by atoms with E-state index in [9.17, 15) is 4.79 Å². The summed E-state index contributed by atoms with van der Waals surface area (Å²) in [5.74, 6) is 13.9. The molecule has 210 valence electrons. The molecule has 0 saturated carbocycles. The third-order valence-electron chi connectivity index (χ3n) is 7.58. The molecule has 4 heterocycles.